The lowest BCUT2D eigenvalue weighted by molar-refractivity contribution is -0.119. The molecular weight excluding hydrogens is 316 g/mol. The normalized spacial score (nSPS) is 14.8. The summed E-state index contributed by atoms with van der Waals surface area (Å²) < 4.78 is 3.76. The van der Waals surface area contributed by atoms with Gasteiger partial charge in [-0.15, -0.1) is 0 Å². The van der Waals surface area contributed by atoms with E-state index in [2.05, 4.69) is 26.2 Å². The highest BCUT2D eigenvalue weighted by molar-refractivity contribution is 5.93. The van der Waals surface area contributed by atoms with Gasteiger partial charge in [-0.1, -0.05) is 12.1 Å². The van der Waals surface area contributed by atoms with Crippen molar-refractivity contribution in [3.8, 4) is 11.3 Å². The van der Waals surface area contributed by atoms with Crippen molar-refractivity contribution in [3.05, 3.63) is 48.9 Å². The maximum Gasteiger partial charge on any atom is 0.249 e. The highest BCUT2D eigenvalue weighted by atomic mass is 16.2. The number of carbonyl (C=O) groups is 1. The number of nitrogens with zero attached hydrogens (tertiary/aromatic N) is 5. The molecule has 3 heterocycles. The molecule has 0 spiro atoms. The average Bonchev–Trinajstić information content (AvgIpc) is 3.30. The number of aryl methyl sites for hydroxylation is 2. The van der Waals surface area contributed by atoms with Gasteiger partial charge in [0.15, 0.2) is 0 Å². The maximum absolute atomic E-state index is 12.4. The van der Waals surface area contributed by atoms with Gasteiger partial charge in [-0.25, -0.2) is 14.6 Å². The Morgan fingerprint density at radius 2 is 2.24 bits per heavy atom. The third-order valence-electron chi connectivity index (χ3n) is 4.55. The number of hydrogen-bond acceptors (Lipinski definition) is 4. The van der Waals surface area contributed by atoms with Gasteiger partial charge in [0.05, 0.1) is 5.69 Å². The fourth-order valence-corrected chi connectivity index (χ4v) is 3.09. The molecule has 1 atom stereocenters. The van der Waals surface area contributed by atoms with E-state index in [4.69, 9.17) is 4.98 Å². The summed E-state index contributed by atoms with van der Waals surface area (Å²) in [5.74, 6) is 1.02. The minimum atomic E-state index is -0.425. The minimum absolute atomic E-state index is 0.133. The van der Waals surface area contributed by atoms with Crippen molar-refractivity contribution in [2.24, 2.45) is 0 Å². The molecule has 2 aromatic heterocycles. The van der Waals surface area contributed by atoms with E-state index in [1.165, 1.54) is 30.2 Å². The quantitative estimate of drug-likeness (QED) is 0.794. The van der Waals surface area contributed by atoms with Crippen LogP contribution in [-0.2, 0) is 17.8 Å². The molecule has 0 aliphatic carbocycles. The molecule has 1 aliphatic rings. The second-order valence-electron chi connectivity index (χ2n) is 6.31. The molecule has 1 aromatic carbocycles. The molecule has 128 valence electrons. The third-order valence-corrected chi connectivity index (χ3v) is 4.55. The van der Waals surface area contributed by atoms with Crippen LogP contribution in [0.4, 0.5) is 5.69 Å². The van der Waals surface area contributed by atoms with Gasteiger partial charge in [0, 0.05) is 30.4 Å². The molecule has 0 fully saturated rings. The number of fused-ring (bicyclic) bond motifs is 1. The number of imidazole rings is 1. The summed E-state index contributed by atoms with van der Waals surface area (Å²) in [5, 5.41) is 6.95. The zero-order chi connectivity index (χ0) is 17.2. The number of aromatic nitrogens is 5. The zero-order valence-corrected chi connectivity index (χ0v) is 14.1. The van der Waals surface area contributed by atoms with E-state index < -0.39 is 6.04 Å². The number of anilines is 1. The summed E-state index contributed by atoms with van der Waals surface area (Å²) in [6.45, 7) is 2.82. The lowest BCUT2D eigenvalue weighted by Crippen LogP contribution is -2.24. The van der Waals surface area contributed by atoms with Gasteiger partial charge in [0.1, 0.15) is 24.5 Å². The third kappa shape index (κ3) is 3.17. The summed E-state index contributed by atoms with van der Waals surface area (Å²) in [4.78, 5) is 21.0. The van der Waals surface area contributed by atoms with Crippen LogP contribution in [0.3, 0.4) is 0 Å². The molecule has 1 amide bonds. The topological polar surface area (TPSA) is 77.6 Å². The summed E-state index contributed by atoms with van der Waals surface area (Å²) in [6.07, 6.45) is 8.51. The van der Waals surface area contributed by atoms with Crippen LogP contribution >= 0.6 is 0 Å². The monoisotopic (exact) mass is 336 g/mol. The van der Waals surface area contributed by atoms with Crippen LogP contribution in [0.5, 0.6) is 0 Å². The Morgan fingerprint density at radius 1 is 1.32 bits per heavy atom. The van der Waals surface area contributed by atoms with Crippen molar-refractivity contribution in [1.82, 2.24) is 24.3 Å². The van der Waals surface area contributed by atoms with E-state index >= 15 is 0 Å². The van der Waals surface area contributed by atoms with Gasteiger partial charge in [-0.2, -0.15) is 5.10 Å². The summed E-state index contributed by atoms with van der Waals surface area (Å²) >= 11 is 0. The Bertz CT molecular complexity index is 859. The number of hydrogen-bond donors (Lipinski definition) is 1. The van der Waals surface area contributed by atoms with Crippen LogP contribution in [0.2, 0.25) is 0 Å². The van der Waals surface area contributed by atoms with Gasteiger partial charge in [0.25, 0.3) is 0 Å². The summed E-state index contributed by atoms with van der Waals surface area (Å²) in [7, 11) is 0. The molecule has 7 heteroatoms. The predicted octanol–water partition coefficient (Wildman–Crippen LogP) is 2.68. The molecule has 1 N–H and O–H groups in total. The first kappa shape index (κ1) is 15.6. The molecule has 1 aliphatic heterocycles. The molecule has 0 saturated carbocycles. The van der Waals surface area contributed by atoms with Gasteiger partial charge in [-0.05, 0) is 31.9 Å². The van der Waals surface area contributed by atoms with Crippen molar-refractivity contribution in [2.75, 3.05) is 5.32 Å². The van der Waals surface area contributed by atoms with Crippen molar-refractivity contribution < 1.29 is 4.79 Å². The predicted molar refractivity (Wildman–Crippen MR) is 94.0 cm³/mol. The first-order chi connectivity index (χ1) is 12.2. The number of amides is 1. The molecule has 4 rings (SSSR count). The van der Waals surface area contributed by atoms with Gasteiger partial charge < -0.3 is 9.88 Å². The smallest absolute Gasteiger partial charge is 0.249 e. The van der Waals surface area contributed by atoms with Crippen LogP contribution in [0.15, 0.2) is 43.1 Å². The maximum atomic E-state index is 12.4. The second-order valence-corrected chi connectivity index (χ2v) is 6.31. The molecule has 0 radical (unpaired) electrons. The number of benzene rings is 1. The van der Waals surface area contributed by atoms with Crippen LogP contribution in [0.25, 0.3) is 11.3 Å². The van der Waals surface area contributed by atoms with Crippen LogP contribution in [0, 0.1) is 0 Å². The second kappa shape index (κ2) is 6.51. The highest BCUT2D eigenvalue weighted by Crippen LogP contribution is 2.25. The Labute approximate surface area is 145 Å². The van der Waals surface area contributed by atoms with E-state index in [-0.39, 0.29) is 5.91 Å². The van der Waals surface area contributed by atoms with Gasteiger partial charge >= 0.3 is 0 Å². The summed E-state index contributed by atoms with van der Waals surface area (Å²) in [6, 6.07) is 7.37. The van der Waals surface area contributed by atoms with Crippen LogP contribution in [-0.4, -0.2) is 30.2 Å². The SMILES string of the molecule is C[C@@H](C(=O)Nc1cccc(-c2cn3c(n2)CCCC3)c1)n1cncn1. The Hall–Kier alpha value is -2.96. The fourth-order valence-electron chi connectivity index (χ4n) is 3.09. The standard InChI is InChI=1S/C18H20N6O/c1-13(24-12-19-11-20-24)18(25)21-15-6-4-5-14(9-15)16-10-23-8-3-2-7-17(23)22-16/h4-6,9-13H,2-3,7-8H2,1H3,(H,21,25)/t13-/m0/s1. The van der Waals surface area contributed by atoms with Crippen LogP contribution < -0.4 is 5.32 Å². The Kier molecular flexibility index (Phi) is 4.05. The Balaban J connectivity index is 1.53. The first-order valence-corrected chi connectivity index (χ1v) is 8.52. The minimum Gasteiger partial charge on any atom is -0.334 e. The van der Waals surface area contributed by atoms with Crippen LogP contribution in [0.1, 0.15) is 31.6 Å². The first-order valence-electron chi connectivity index (χ1n) is 8.52. The van der Waals surface area contributed by atoms with E-state index in [0.717, 1.165) is 35.7 Å². The number of rotatable bonds is 4. The number of nitrogens with one attached hydrogen (secondary N) is 1. The highest BCUT2D eigenvalue weighted by Gasteiger charge is 2.17. The molecule has 0 unspecified atom stereocenters. The fraction of sp³-hybridized carbons (Fsp3) is 0.333. The van der Waals surface area contributed by atoms with Gasteiger partial charge in [0.2, 0.25) is 5.91 Å². The zero-order valence-electron chi connectivity index (χ0n) is 14.1. The molecule has 25 heavy (non-hydrogen) atoms. The molecule has 3 aromatic rings. The molecule has 7 nitrogen and oxygen atoms in total. The van der Waals surface area contributed by atoms with Crippen molar-refractivity contribution in [2.45, 2.75) is 38.8 Å². The summed E-state index contributed by atoms with van der Waals surface area (Å²) in [5.41, 5.74) is 2.71. The van der Waals surface area contributed by atoms with E-state index in [1.54, 1.807) is 6.92 Å². The van der Waals surface area contributed by atoms with Crippen molar-refractivity contribution >= 4 is 11.6 Å². The van der Waals surface area contributed by atoms with Crippen molar-refractivity contribution in [1.29, 1.82) is 0 Å². The van der Waals surface area contributed by atoms with E-state index in [9.17, 15) is 4.79 Å². The van der Waals surface area contributed by atoms with E-state index in [1.807, 2.05) is 24.3 Å². The van der Waals surface area contributed by atoms with Gasteiger partial charge in [-0.3, -0.25) is 4.79 Å². The average molecular weight is 336 g/mol. The molecule has 0 saturated heterocycles. The lowest BCUT2D eigenvalue weighted by atomic mass is 10.1. The van der Waals surface area contributed by atoms with E-state index in [0.29, 0.717) is 0 Å². The Morgan fingerprint density at radius 3 is 3.04 bits per heavy atom. The molecular formula is C18H20N6O. The lowest BCUT2D eigenvalue weighted by Gasteiger charge is -2.12. The molecule has 0 bridgehead atoms. The largest absolute Gasteiger partial charge is 0.334 e. The van der Waals surface area contributed by atoms with Crippen molar-refractivity contribution in [3.63, 3.8) is 0 Å². The number of carbonyl (C=O) groups excluding carboxylic acids is 1.